The molecule has 20 heavy (non-hydrogen) atoms. The third-order valence-corrected chi connectivity index (χ3v) is 9.04. The molecule has 1 heterocycles. The number of hydrogen-bond donors (Lipinski definition) is 2. The summed E-state index contributed by atoms with van der Waals surface area (Å²) in [5.74, 6) is 0. The molecule has 0 amide bonds. The smallest absolute Gasteiger partial charge is 0.184 e. The first-order chi connectivity index (χ1) is 9.50. The van der Waals surface area contributed by atoms with Gasteiger partial charge in [0.2, 0.25) is 0 Å². The maximum atomic E-state index is 5.32. The first-order valence-corrected chi connectivity index (χ1v) is 10.5. The van der Waals surface area contributed by atoms with Crippen molar-refractivity contribution in [3.8, 4) is 0 Å². The van der Waals surface area contributed by atoms with E-state index < -0.39 is 8.07 Å². The van der Waals surface area contributed by atoms with Crippen LogP contribution in [0.3, 0.4) is 0 Å². The van der Waals surface area contributed by atoms with Gasteiger partial charge in [0.05, 0.1) is 6.21 Å². The van der Waals surface area contributed by atoms with Crippen molar-refractivity contribution >= 4 is 52.6 Å². The SMILES string of the molecule is C[Si](C)(c1ccccc1)c1ccc(/C=N/NC(N)=S)s1. The van der Waals surface area contributed by atoms with Crippen LogP contribution < -0.4 is 20.8 Å². The molecular formula is C14H17N3S2Si. The number of thiocarbonyl (C=S) groups is 1. The Bertz CT molecular complexity index is 620. The highest BCUT2D eigenvalue weighted by atomic mass is 32.1. The molecule has 3 N–H and O–H groups in total. The van der Waals surface area contributed by atoms with Crippen molar-refractivity contribution < 1.29 is 0 Å². The number of nitrogens with one attached hydrogen (secondary N) is 1. The van der Waals surface area contributed by atoms with E-state index >= 15 is 0 Å². The minimum absolute atomic E-state index is 0.178. The highest BCUT2D eigenvalue weighted by Gasteiger charge is 2.27. The van der Waals surface area contributed by atoms with Gasteiger partial charge in [-0.15, -0.1) is 11.3 Å². The van der Waals surface area contributed by atoms with Crippen LogP contribution in [-0.4, -0.2) is 19.4 Å². The van der Waals surface area contributed by atoms with Crippen molar-refractivity contribution in [2.45, 2.75) is 13.1 Å². The van der Waals surface area contributed by atoms with Crippen LogP contribution in [0, 0.1) is 0 Å². The second-order valence-corrected chi connectivity index (χ2v) is 11.2. The Labute approximate surface area is 129 Å². The van der Waals surface area contributed by atoms with Crippen LogP contribution in [-0.2, 0) is 0 Å². The molecule has 0 saturated heterocycles. The van der Waals surface area contributed by atoms with Gasteiger partial charge in [-0.25, -0.2) is 0 Å². The van der Waals surface area contributed by atoms with E-state index in [4.69, 9.17) is 18.0 Å². The Kier molecular flexibility index (Phi) is 4.69. The van der Waals surface area contributed by atoms with E-state index in [1.165, 1.54) is 9.69 Å². The normalized spacial score (nSPS) is 11.7. The van der Waals surface area contributed by atoms with Crippen LogP contribution in [0.25, 0.3) is 0 Å². The van der Waals surface area contributed by atoms with Gasteiger partial charge in [0.15, 0.2) is 5.11 Å². The van der Waals surface area contributed by atoms with E-state index in [0.717, 1.165) is 4.88 Å². The molecule has 3 nitrogen and oxygen atoms in total. The first-order valence-electron chi connectivity index (χ1n) is 6.24. The molecule has 1 aromatic carbocycles. The van der Waals surface area contributed by atoms with Crippen LogP contribution >= 0.6 is 23.6 Å². The van der Waals surface area contributed by atoms with Gasteiger partial charge in [0.25, 0.3) is 0 Å². The van der Waals surface area contributed by atoms with Gasteiger partial charge < -0.3 is 5.73 Å². The Hall–Kier alpha value is -1.50. The third-order valence-electron chi connectivity index (χ3n) is 3.10. The van der Waals surface area contributed by atoms with Gasteiger partial charge in [0, 0.05) is 4.88 Å². The molecule has 0 radical (unpaired) electrons. The lowest BCUT2D eigenvalue weighted by Gasteiger charge is -2.21. The Morgan fingerprint density at radius 3 is 2.60 bits per heavy atom. The van der Waals surface area contributed by atoms with Crippen LogP contribution in [0.2, 0.25) is 13.1 Å². The zero-order valence-electron chi connectivity index (χ0n) is 11.5. The summed E-state index contributed by atoms with van der Waals surface area (Å²) < 4.78 is 1.43. The van der Waals surface area contributed by atoms with Gasteiger partial charge in [-0.05, 0) is 22.8 Å². The minimum Gasteiger partial charge on any atom is -0.375 e. The molecule has 104 valence electrons. The molecule has 2 aromatic rings. The fourth-order valence-electron chi connectivity index (χ4n) is 1.91. The lowest BCUT2D eigenvalue weighted by Crippen LogP contribution is -2.51. The Morgan fingerprint density at radius 2 is 1.95 bits per heavy atom. The van der Waals surface area contributed by atoms with Crippen molar-refractivity contribution in [2.24, 2.45) is 10.8 Å². The molecule has 0 fully saturated rings. The van der Waals surface area contributed by atoms with Gasteiger partial charge >= 0.3 is 0 Å². The predicted molar refractivity (Wildman–Crippen MR) is 95.0 cm³/mol. The summed E-state index contributed by atoms with van der Waals surface area (Å²) in [6, 6.07) is 15.0. The second-order valence-electron chi connectivity index (χ2n) is 4.93. The molecule has 0 atom stereocenters. The van der Waals surface area contributed by atoms with Crippen LogP contribution in [0.5, 0.6) is 0 Å². The number of hydrazone groups is 1. The van der Waals surface area contributed by atoms with Gasteiger partial charge in [-0.2, -0.15) is 5.10 Å². The Morgan fingerprint density at radius 1 is 1.25 bits per heavy atom. The molecule has 0 bridgehead atoms. The van der Waals surface area contributed by atoms with E-state index in [-0.39, 0.29) is 5.11 Å². The van der Waals surface area contributed by atoms with Crippen molar-refractivity contribution in [1.29, 1.82) is 0 Å². The molecule has 0 aliphatic rings. The maximum Gasteiger partial charge on any atom is 0.184 e. The topological polar surface area (TPSA) is 50.4 Å². The lowest BCUT2D eigenvalue weighted by atomic mass is 10.4. The zero-order chi connectivity index (χ0) is 14.6. The second kappa shape index (κ2) is 6.30. The summed E-state index contributed by atoms with van der Waals surface area (Å²) in [6.45, 7) is 4.73. The molecular weight excluding hydrogens is 302 g/mol. The quantitative estimate of drug-likeness (QED) is 0.391. The molecule has 6 heteroatoms. The monoisotopic (exact) mass is 319 g/mol. The summed E-state index contributed by atoms with van der Waals surface area (Å²) in [5.41, 5.74) is 7.89. The predicted octanol–water partition coefficient (Wildman–Crippen LogP) is 1.74. The number of benzene rings is 1. The summed E-state index contributed by atoms with van der Waals surface area (Å²) >= 11 is 6.48. The molecule has 0 saturated carbocycles. The van der Waals surface area contributed by atoms with Crippen molar-refractivity contribution in [3.63, 3.8) is 0 Å². The fourth-order valence-corrected chi connectivity index (χ4v) is 6.14. The maximum absolute atomic E-state index is 5.32. The average molecular weight is 320 g/mol. The van der Waals surface area contributed by atoms with Crippen LogP contribution in [0.1, 0.15) is 4.88 Å². The fraction of sp³-hybridized carbons (Fsp3) is 0.143. The number of hydrogen-bond acceptors (Lipinski definition) is 3. The third kappa shape index (κ3) is 3.53. The van der Waals surface area contributed by atoms with E-state index in [9.17, 15) is 0 Å². The average Bonchev–Trinajstić information content (AvgIpc) is 2.89. The molecule has 0 aliphatic carbocycles. The van der Waals surface area contributed by atoms with Crippen LogP contribution in [0.4, 0.5) is 0 Å². The largest absolute Gasteiger partial charge is 0.375 e. The zero-order valence-corrected chi connectivity index (χ0v) is 14.1. The molecule has 2 rings (SSSR count). The summed E-state index contributed by atoms with van der Waals surface area (Å²) in [6.07, 6.45) is 1.75. The van der Waals surface area contributed by atoms with E-state index in [1.807, 2.05) is 0 Å². The number of nitrogens with two attached hydrogens (primary N) is 1. The van der Waals surface area contributed by atoms with E-state index in [0.29, 0.717) is 0 Å². The first kappa shape index (κ1) is 14.9. The number of rotatable bonds is 4. The molecule has 0 unspecified atom stereocenters. The van der Waals surface area contributed by atoms with Crippen molar-refractivity contribution in [3.05, 3.63) is 47.3 Å². The highest BCUT2D eigenvalue weighted by molar-refractivity contribution is 7.80. The molecule has 1 aromatic heterocycles. The van der Waals surface area contributed by atoms with Crippen LogP contribution in [0.15, 0.2) is 47.6 Å². The minimum atomic E-state index is -1.61. The summed E-state index contributed by atoms with van der Waals surface area (Å²) in [4.78, 5) is 1.10. The molecule has 0 aliphatic heterocycles. The molecule has 0 spiro atoms. The number of nitrogens with zero attached hydrogens (tertiary/aromatic N) is 1. The lowest BCUT2D eigenvalue weighted by molar-refractivity contribution is 1.04. The summed E-state index contributed by atoms with van der Waals surface area (Å²) in [5, 5.41) is 5.61. The van der Waals surface area contributed by atoms with Gasteiger partial charge in [-0.3, -0.25) is 5.43 Å². The van der Waals surface area contributed by atoms with E-state index in [2.05, 4.69) is 66.1 Å². The van der Waals surface area contributed by atoms with Crippen molar-refractivity contribution in [1.82, 2.24) is 5.43 Å². The van der Waals surface area contributed by atoms with Gasteiger partial charge in [-0.1, -0.05) is 54.7 Å². The number of thiophene rings is 1. The highest BCUT2D eigenvalue weighted by Crippen LogP contribution is 2.12. The standard InChI is InChI=1S/C14H17N3S2Si/c1-20(2,12-6-4-3-5-7-12)13-9-8-11(19-13)10-16-17-14(15)18/h3-10H,1-2H3,(H3,15,17,18)/b16-10+. The Balaban J connectivity index is 2.20. The van der Waals surface area contributed by atoms with E-state index in [1.54, 1.807) is 17.6 Å². The van der Waals surface area contributed by atoms with Crippen molar-refractivity contribution in [2.75, 3.05) is 0 Å². The summed E-state index contributed by atoms with van der Waals surface area (Å²) in [7, 11) is -1.61. The van der Waals surface area contributed by atoms with Gasteiger partial charge in [0.1, 0.15) is 8.07 Å².